The lowest BCUT2D eigenvalue weighted by Gasteiger charge is -2.34. The molecule has 10 nitrogen and oxygen atoms in total. The summed E-state index contributed by atoms with van der Waals surface area (Å²) in [7, 11) is 0. The number of ether oxygens (including phenoxy) is 1. The van der Waals surface area contributed by atoms with Gasteiger partial charge in [0.25, 0.3) is 0 Å². The van der Waals surface area contributed by atoms with Gasteiger partial charge in [0.05, 0.1) is 13.2 Å². The highest BCUT2D eigenvalue weighted by Crippen LogP contribution is 2.30. The molecule has 39 heavy (non-hydrogen) atoms. The predicted octanol–water partition coefficient (Wildman–Crippen LogP) is 2.89. The number of nitrogens with zero attached hydrogens (tertiary/aromatic N) is 6. The number of aromatic amines is 1. The van der Waals surface area contributed by atoms with E-state index in [9.17, 15) is 9.59 Å². The maximum absolute atomic E-state index is 12.5. The Kier molecular flexibility index (Phi) is 7.12. The highest BCUT2D eigenvalue weighted by Gasteiger charge is 2.23. The third-order valence-electron chi connectivity index (χ3n) is 7.59. The Morgan fingerprint density at radius 2 is 1.87 bits per heavy atom. The first-order valence-corrected chi connectivity index (χ1v) is 13.5. The van der Waals surface area contributed by atoms with Crippen molar-refractivity contribution in [3.63, 3.8) is 0 Å². The van der Waals surface area contributed by atoms with Gasteiger partial charge in [0.2, 0.25) is 5.91 Å². The topological polar surface area (TPSA) is 99.1 Å². The van der Waals surface area contributed by atoms with Crippen LogP contribution in [0, 0.1) is 0 Å². The van der Waals surface area contributed by atoms with E-state index < -0.39 is 0 Å². The normalized spacial score (nSPS) is 16.7. The van der Waals surface area contributed by atoms with E-state index >= 15 is 0 Å². The molecule has 0 saturated carbocycles. The number of nitrogens with one attached hydrogen (secondary N) is 1. The van der Waals surface area contributed by atoms with Gasteiger partial charge in [-0.2, -0.15) is 0 Å². The molecule has 0 spiro atoms. The molecule has 0 radical (unpaired) electrons. The first-order chi connectivity index (χ1) is 19.1. The molecule has 3 aromatic heterocycles. The maximum atomic E-state index is 12.5. The van der Waals surface area contributed by atoms with E-state index in [1.807, 2.05) is 21.7 Å². The van der Waals surface area contributed by atoms with E-state index in [1.54, 1.807) is 0 Å². The molecule has 2 fully saturated rings. The summed E-state index contributed by atoms with van der Waals surface area (Å²) in [4.78, 5) is 38.8. The van der Waals surface area contributed by atoms with Gasteiger partial charge in [-0.15, -0.1) is 5.10 Å². The fraction of sp³-hybridized carbons (Fsp3) is 0.379. The molecule has 1 N–H and O–H groups in total. The number of allylic oxidation sites excluding steroid dienone is 1. The number of morpholine rings is 1. The number of carbonyl (C=O) groups excluding carboxylic acids is 2. The summed E-state index contributed by atoms with van der Waals surface area (Å²) in [5, 5.41) is 6.04. The Morgan fingerprint density at radius 1 is 1.05 bits per heavy atom. The zero-order chi connectivity index (χ0) is 26.8. The molecule has 1 amide bonds. The van der Waals surface area contributed by atoms with Crippen molar-refractivity contribution < 1.29 is 14.3 Å². The average molecular weight is 528 g/mol. The van der Waals surface area contributed by atoms with E-state index in [-0.39, 0.29) is 24.5 Å². The number of aromatic nitrogens is 4. The SMILES string of the molecule is C=CC(=O)CCC(=O)N1CCN(Cc2cc3c(N4CCOCC4)nc(-c4cccc5[nH]ccc45)nn3c2)CC1. The Bertz CT molecular complexity index is 1510. The number of rotatable bonds is 8. The van der Waals surface area contributed by atoms with Gasteiger partial charge in [-0.25, -0.2) is 9.50 Å². The molecule has 4 aromatic rings. The third kappa shape index (κ3) is 5.30. The third-order valence-corrected chi connectivity index (χ3v) is 7.59. The van der Waals surface area contributed by atoms with E-state index in [0.29, 0.717) is 32.1 Å². The van der Waals surface area contributed by atoms with Crippen molar-refractivity contribution in [2.45, 2.75) is 19.4 Å². The molecule has 6 rings (SSSR count). The van der Waals surface area contributed by atoms with E-state index in [2.05, 4.69) is 51.8 Å². The van der Waals surface area contributed by atoms with E-state index in [0.717, 1.165) is 66.1 Å². The molecular formula is C29H33N7O3. The summed E-state index contributed by atoms with van der Waals surface area (Å²) in [6.07, 6.45) is 5.80. The molecular weight excluding hydrogens is 494 g/mol. The Morgan fingerprint density at radius 3 is 2.67 bits per heavy atom. The molecule has 2 aliphatic heterocycles. The monoisotopic (exact) mass is 527 g/mol. The lowest BCUT2D eigenvalue weighted by Crippen LogP contribution is -2.48. The van der Waals surface area contributed by atoms with Crippen LogP contribution < -0.4 is 4.90 Å². The first kappa shape index (κ1) is 25.3. The van der Waals surface area contributed by atoms with Crippen LogP contribution >= 0.6 is 0 Å². The van der Waals surface area contributed by atoms with Gasteiger partial charge in [-0.1, -0.05) is 18.7 Å². The van der Waals surface area contributed by atoms with Crippen LogP contribution in [0.15, 0.2) is 55.4 Å². The fourth-order valence-corrected chi connectivity index (χ4v) is 5.43. The van der Waals surface area contributed by atoms with Crippen LogP contribution in [0.4, 0.5) is 5.82 Å². The molecule has 202 valence electrons. The average Bonchev–Trinajstić information content (AvgIpc) is 3.62. The van der Waals surface area contributed by atoms with Crippen molar-refractivity contribution in [2.75, 3.05) is 57.4 Å². The van der Waals surface area contributed by atoms with E-state index in [1.165, 1.54) is 6.08 Å². The molecule has 0 bridgehead atoms. The maximum Gasteiger partial charge on any atom is 0.223 e. The number of H-pyrrole nitrogens is 1. The number of anilines is 1. The van der Waals surface area contributed by atoms with Crippen molar-refractivity contribution in [3.05, 3.63) is 60.9 Å². The summed E-state index contributed by atoms with van der Waals surface area (Å²) in [5.41, 5.74) is 4.20. The van der Waals surface area contributed by atoms with Gasteiger partial charge in [-0.05, 0) is 29.8 Å². The zero-order valence-corrected chi connectivity index (χ0v) is 22.0. The second kappa shape index (κ2) is 11.0. The number of piperazine rings is 1. The number of hydrogen-bond donors (Lipinski definition) is 1. The summed E-state index contributed by atoms with van der Waals surface area (Å²) in [6, 6.07) is 10.4. The number of carbonyl (C=O) groups is 2. The largest absolute Gasteiger partial charge is 0.378 e. The Hall–Kier alpha value is -4.02. The number of fused-ring (bicyclic) bond motifs is 2. The number of hydrogen-bond acceptors (Lipinski definition) is 7. The molecule has 0 aliphatic carbocycles. The Labute approximate surface area is 226 Å². The standard InChI is InChI=1S/C29H33N7O3/c1-2-22(37)6-7-27(38)34-12-10-33(11-13-34)19-21-18-26-29(35-14-16-39-17-15-35)31-28(32-36(26)20-21)24-4-3-5-25-23(24)8-9-30-25/h2-5,8-9,18,20,30H,1,6-7,10-17,19H2. The van der Waals surface area contributed by atoms with Crippen molar-refractivity contribution in [3.8, 4) is 11.4 Å². The second-order valence-corrected chi connectivity index (χ2v) is 10.1. The van der Waals surface area contributed by atoms with Crippen LogP contribution in [0.1, 0.15) is 18.4 Å². The van der Waals surface area contributed by atoms with Crippen molar-refractivity contribution in [2.24, 2.45) is 0 Å². The number of ketones is 1. The van der Waals surface area contributed by atoms with Crippen LogP contribution in [0.25, 0.3) is 27.8 Å². The van der Waals surface area contributed by atoms with Crippen LogP contribution in [0.3, 0.4) is 0 Å². The smallest absolute Gasteiger partial charge is 0.223 e. The minimum absolute atomic E-state index is 0.0369. The molecule has 0 atom stereocenters. The number of benzene rings is 1. The molecule has 2 aliphatic rings. The van der Waals surface area contributed by atoms with Gasteiger partial charge in [-0.3, -0.25) is 14.5 Å². The van der Waals surface area contributed by atoms with Crippen molar-refractivity contribution in [1.29, 1.82) is 0 Å². The number of amides is 1. The van der Waals surface area contributed by atoms with Gasteiger partial charge >= 0.3 is 0 Å². The molecule has 2 saturated heterocycles. The summed E-state index contributed by atoms with van der Waals surface area (Å²) >= 11 is 0. The van der Waals surface area contributed by atoms with Crippen LogP contribution in [-0.4, -0.2) is 93.6 Å². The summed E-state index contributed by atoms with van der Waals surface area (Å²) in [6.45, 7) is 10.1. The molecule has 5 heterocycles. The van der Waals surface area contributed by atoms with Crippen LogP contribution in [0.5, 0.6) is 0 Å². The fourth-order valence-electron chi connectivity index (χ4n) is 5.43. The molecule has 1 aromatic carbocycles. The lowest BCUT2D eigenvalue weighted by molar-refractivity contribution is -0.134. The highest BCUT2D eigenvalue weighted by atomic mass is 16.5. The second-order valence-electron chi connectivity index (χ2n) is 10.1. The first-order valence-electron chi connectivity index (χ1n) is 13.5. The molecule has 10 heteroatoms. The predicted molar refractivity (Wildman–Crippen MR) is 150 cm³/mol. The summed E-state index contributed by atoms with van der Waals surface area (Å²) < 4.78 is 7.57. The lowest BCUT2D eigenvalue weighted by atomic mass is 10.1. The quantitative estimate of drug-likeness (QED) is 0.352. The van der Waals surface area contributed by atoms with Gasteiger partial charge < -0.3 is 19.5 Å². The van der Waals surface area contributed by atoms with Crippen molar-refractivity contribution in [1.82, 2.24) is 29.4 Å². The zero-order valence-electron chi connectivity index (χ0n) is 22.0. The molecule has 0 unspecified atom stereocenters. The van der Waals surface area contributed by atoms with E-state index in [4.69, 9.17) is 14.8 Å². The minimum atomic E-state index is -0.0877. The Balaban J connectivity index is 1.23. The highest BCUT2D eigenvalue weighted by molar-refractivity contribution is 5.94. The van der Waals surface area contributed by atoms with Gasteiger partial charge in [0.15, 0.2) is 17.4 Å². The van der Waals surface area contributed by atoms with Crippen molar-refractivity contribution >= 4 is 33.9 Å². The van der Waals surface area contributed by atoms with Gasteiger partial charge in [0, 0.05) is 87.5 Å². The van der Waals surface area contributed by atoms with Crippen LogP contribution in [0.2, 0.25) is 0 Å². The van der Waals surface area contributed by atoms with Gasteiger partial charge in [0.1, 0.15) is 5.52 Å². The minimum Gasteiger partial charge on any atom is -0.378 e. The summed E-state index contributed by atoms with van der Waals surface area (Å²) in [5.74, 6) is 1.56. The van der Waals surface area contributed by atoms with Crippen LogP contribution in [-0.2, 0) is 20.9 Å².